The lowest BCUT2D eigenvalue weighted by atomic mass is 9.98. The standard InChI is InChI=1S/C63H39N3OS/c1-4-13-40(14-5-1)42-25-29-45(30-26-42)61-64-62(46-31-27-44(28-32-46)52-22-12-24-55-54-23-11-21-51(59(54)68-60(52)55)43-17-8-3-9-18-43)66-63(65-61)50-33-35-53-56-38-49(34-36-57(56)67-58(53)39-50)48-20-10-19-47(37-48)41-15-6-2-7-16-41/h1-39H/i33D,34D,35D,36D,38D,39D. The first-order valence-corrected chi connectivity index (χ1v) is 23.2. The van der Waals surface area contributed by atoms with Crippen LogP contribution in [0.25, 0.3) is 132 Å². The zero-order valence-electron chi connectivity index (χ0n) is 42.2. The molecule has 10 aromatic carbocycles. The predicted molar refractivity (Wildman–Crippen MR) is 283 cm³/mol. The van der Waals surface area contributed by atoms with Crippen molar-refractivity contribution >= 4 is 53.4 Å². The van der Waals surface area contributed by atoms with Crippen molar-refractivity contribution in [2.24, 2.45) is 0 Å². The Morgan fingerprint density at radius 2 is 0.750 bits per heavy atom. The quantitative estimate of drug-likeness (QED) is 0.152. The van der Waals surface area contributed by atoms with Crippen LogP contribution in [-0.2, 0) is 0 Å². The molecule has 0 bridgehead atoms. The van der Waals surface area contributed by atoms with Gasteiger partial charge in [-0.25, -0.2) is 15.0 Å². The van der Waals surface area contributed by atoms with E-state index in [-0.39, 0.29) is 75.1 Å². The van der Waals surface area contributed by atoms with Gasteiger partial charge in [-0.2, -0.15) is 0 Å². The first-order valence-electron chi connectivity index (χ1n) is 25.3. The van der Waals surface area contributed by atoms with E-state index in [9.17, 15) is 5.48 Å². The summed E-state index contributed by atoms with van der Waals surface area (Å²) in [5.74, 6) is 0.596. The molecular weight excluding hydrogens is 847 g/mol. The van der Waals surface area contributed by atoms with E-state index in [1.807, 2.05) is 121 Å². The summed E-state index contributed by atoms with van der Waals surface area (Å²) in [7, 11) is 0. The lowest BCUT2D eigenvalue weighted by molar-refractivity contribution is 0.669. The average molecular weight is 892 g/mol. The maximum absolute atomic E-state index is 9.68. The molecule has 0 spiro atoms. The number of thiophene rings is 1. The zero-order valence-corrected chi connectivity index (χ0v) is 37.0. The van der Waals surface area contributed by atoms with E-state index in [2.05, 4.69) is 72.8 Å². The lowest BCUT2D eigenvalue weighted by Gasteiger charge is -2.10. The molecular formula is C63H39N3OS. The molecule has 0 amide bonds. The maximum atomic E-state index is 9.68. The minimum atomic E-state index is -0.344. The molecule has 0 aliphatic carbocycles. The third kappa shape index (κ3) is 7.14. The highest BCUT2D eigenvalue weighted by Crippen LogP contribution is 2.44. The third-order valence-electron chi connectivity index (χ3n) is 12.4. The topological polar surface area (TPSA) is 51.8 Å². The normalized spacial score (nSPS) is 12.8. The number of hydrogen-bond acceptors (Lipinski definition) is 5. The number of fused-ring (bicyclic) bond motifs is 6. The summed E-state index contributed by atoms with van der Waals surface area (Å²) < 4.78 is 65.3. The molecule has 0 atom stereocenters. The van der Waals surface area contributed by atoms with Gasteiger partial charge >= 0.3 is 0 Å². The first kappa shape index (κ1) is 33.7. The van der Waals surface area contributed by atoms with E-state index in [4.69, 9.17) is 22.1 Å². The highest BCUT2D eigenvalue weighted by Gasteiger charge is 2.18. The molecule has 0 fully saturated rings. The van der Waals surface area contributed by atoms with Gasteiger partial charge < -0.3 is 4.42 Å². The van der Waals surface area contributed by atoms with Crippen LogP contribution in [0.15, 0.2) is 241 Å². The molecule has 0 N–H and O–H groups in total. The number of hydrogen-bond donors (Lipinski definition) is 0. The number of aromatic nitrogens is 3. The van der Waals surface area contributed by atoms with Gasteiger partial charge in [0.25, 0.3) is 0 Å². The molecule has 0 radical (unpaired) electrons. The molecule has 5 heteroatoms. The Hall–Kier alpha value is -8.77. The van der Waals surface area contributed by atoms with Crippen molar-refractivity contribution in [1.82, 2.24) is 15.0 Å². The molecule has 3 aromatic heterocycles. The van der Waals surface area contributed by atoms with Crippen LogP contribution in [0.1, 0.15) is 8.22 Å². The van der Waals surface area contributed by atoms with Gasteiger partial charge in [0, 0.05) is 47.6 Å². The van der Waals surface area contributed by atoms with E-state index in [1.165, 1.54) is 31.3 Å². The fourth-order valence-corrected chi connectivity index (χ4v) is 10.4. The fourth-order valence-electron chi connectivity index (χ4n) is 9.01. The fraction of sp³-hybridized carbons (Fsp3) is 0. The molecule has 13 rings (SSSR count). The third-order valence-corrected chi connectivity index (χ3v) is 13.7. The first-order chi connectivity index (χ1) is 36.2. The van der Waals surface area contributed by atoms with E-state index in [0.717, 1.165) is 33.4 Å². The van der Waals surface area contributed by atoms with Crippen LogP contribution >= 0.6 is 11.3 Å². The molecule has 0 saturated heterocycles. The predicted octanol–water partition coefficient (Wildman–Crippen LogP) is 17.5. The van der Waals surface area contributed by atoms with Gasteiger partial charge in [-0.05, 0) is 85.9 Å². The van der Waals surface area contributed by atoms with Crippen LogP contribution in [0.3, 0.4) is 0 Å². The SMILES string of the molecule is [2H]c1c(-c2cccc(-c3ccccc3)c2)c([2H])c2c(oc3c([2H])c(-c4nc(-c5ccc(-c6ccccc6)cc5)nc(-c5ccc(-c6cccc7c6sc6c(-c8ccccc8)cccc67)cc5)n4)c([2H])c([2H])c32)c1[2H]. The summed E-state index contributed by atoms with van der Waals surface area (Å²) in [5.41, 5.74) is 10.2. The van der Waals surface area contributed by atoms with Crippen molar-refractivity contribution < 1.29 is 12.6 Å². The summed E-state index contributed by atoms with van der Waals surface area (Å²) in [4.78, 5) is 14.9. The van der Waals surface area contributed by atoms with Gasteiger partial charge in [-0.1, -0.05) is 206 Å². The summed E-state index contributed by atoms with van der Waals surface area (Å²) >= 11 is 1.79. The van der Waals surface area contributed by atoms with E-state index in [0.29, 0.717) is 28.3 Å². The zero-order chi connectivity index (χ0) is 50.2. The second-order valence-electron chi connectivity index (χ2n) is 16.6. The molecule has 68 heavy (non-hydrogen) atoms. The van der Waals surface area contributed by atoms with Crippen molar-refractivity contribution in [3.8, 4) is 89.8 Å². The highest BCUT2D eigenvalue weighted by molar-refractivity contribution is 7.26. The lowest BCUT2D eigenvalue weighted by Crippen LogP contribution is -2.00. The summed E-state index contributed by atoms with van der Waals surface area (Å²) in [6.45, 7) is 0. The average Bonchev–Trinajstić information content (AvgIpc) is 4.06. The second kappa shape index (κ2) is 16.6. The molecule has 13 aromatic rings. The Kier molecular flexibility index (Phi) is 8.21. The van der Waals surface area contributed by atoms with Crippen LogP contribution in [0.5, 0.6) is 0 Å². The van der Waals surface area contributed by atoms with Gasteiger partial charge in [0.1, 0.15) is 11.2 Å². The van der Waals surface area contributed by atoms with Crippen molar-refractivity contribution in [3.63, 3.8) is 0 Å². The van der Waals surface area contributed by atoms with E-state index >= 15 is 0 Å². The van der Waals surface area contributed by atoms with Crippen LogP contribution in [0, 0.1) is 0 Å². The van der Waals surface area contributed by atoms with Crippen LogP contribution < -0.4 is 0 Å². The smallest absolute Gasteiger partial charge is 0.164 e. The number of rotatable bonds is 8. The van der Waals surface area contributed by atoms with Crippen LogP contribution in [0.2, 0.25) is 0 Å². The Balaban J connectivity index is 0.952. The van der Waals surface area contributed by atoms with Gasteiger partial charge in [-0.15, -0.1) is 11.3 Å². The molecule has 0 aliphatic rings. The molecule has 0 unspecified atom stereocenters. The Morgan fingerprint density at radius 3 is 1.35 bits per heavy atom. The molecule has 0 saturated carbocycles. The van der Waals surface area contributed by atoms with E-state index < -0.39 is 0 Å². The highest BCUT2D eigenvalue weighted by atomic mass is 32.1. The largest absolute Gasteiger partial charge is 0.456 e. The van der Waals surface area contributed by atoms with Crippen molar-refractivity contribution in [1.29, 1.82) is 0 Å². The minimum absolute atomic E-state index is 0.00637. The van der Waals surface area contributed by atoms with Crippen molar-refractivity contribution in [2.45, 2.75) is 0 Å². The maximum Gasteiger partial charge on any atom is 0.164 e. The molecule has 4 nitrogen and oxygen atoms in total. The number of benzene rings is 10. The second-order valence-corrected chi connectivity index (χ2v) is 17.6. The molecule has 318 valence electrons. The van der Waals surface area contributed by atoms with Crippen LogP contribution in [0.4, 0.5) is 0 Å². The summed E-state index contributed by atoms with van der Waals surface area (Å²) in [6, 6.07) is 65.0. The minimum Gasteiger partial charge on any atom is -0.456 e. The van der Waals surface area contributed by atoms with Gasteiger partial charge in [0.15, 0.2) is 17.5 Å². The van der Waals surface area contributed by atoms with E-state index in [1.54, 1.807) is 17.4 Å². The van der Waals surface area contributed by atoms with Gasteiger partial charge in [0.2, 0.25) is 0 Å². The summed E-state index contributed by atoms with van der Waals surface area (Å²) in [6.07, 6.45) is 0. The van der Waals surface area contributed by atoms with Crippen LogP contribution in [-0.4, -0.2) is 15.0 Å². The van der Waals surface area contributed by atoms with Crippen molar-refractivity contribution in [2.75, 3.05) is 0 Å². The monoisotopic (exact) mass is 891 g/mol. The Bertz CT molecular complexity index is 4350. The number of nitrogens with zero attached hydrogens (tertiary/aromatic N) is 3. The summed E-state index contributed by atoms with van der Waals surface area (Å²) in [5, 5.41) is 2.54. The van der Waals surface area contributed by atoms with Gasteiger partial charge in [-0.3, -0.25) is 0 Å². The van der Waals surface area contributed by atoms with Crippen molar-refractivity contribution in [3.05, 3.63) is 236 Å². The Labute approximate surface area is 405 Å². The number of furan rings is 1. The molecule has 3 heterocycles. The molecule has 0 aliphatic heterocycles. The van der Waals surface area contributed by atoms with Gasteiger partial charge in [0.05, 0.1) is 8.22 Å². The Morgan fingerprint density at radius 1 is 0.309 bits per heavy atom.